The van der Waals surface area contributed by atoms with Crippen LogP contribution < -0.4 is 14.4 Å². The Morgan fingerprint density at radius 3 is 2.27 bits per heavy atom. The summed E-state index contributed by atoms with van der Waals surface area (Å²) in [4.78, 5) is 25.0. The van der Waals surface area contributed by atoms with Gasteiger partial charge in [0.05, 0.1) is 26.5 Å². The first-order chi connectivity index (χ1) is 17.8. The maximum atomic E-state index is 13.9. The van der Waals surface area contributed by atoms with Crippen molar-refractivity contribution in [2.45, 2.75) is 46.6 Å². The molecule has 8 nitrogen and oxygen atoms in total. The van der Waals surface area contributed by atoms with E-state index in [9.17, 15) is 4.79 Å². The number of hydrogen-bond acceptors (Lipinski definition) is 6. The van der Waals surface area contributed by atoms with Crippen LogP contribution in [-0.4, -0.2) is 39.9 Å². The molecule has 0 saturated carbocycles. The lowest BCUT2D eigenvalue weighted by Gasteiger charge is -2.33. The molecule has 1 amide bonds. The number of rotatable bonds is 6. The fourth-order valence-corrected chi connectivity index (χ4v) is 5.06. The summed E-state index contributed by atoms with van der Waals surface area (Å²) in [6, 6.07) is 15.8. The number of fused-ring (bicyclic) bond motifs is 1. The van der Waals surface area contributed by atoms with Gasteiger partial charge in [-0.05, 0) is 57.5 Å². The standard InChI is InChI=1S/C29H31N5O3/c1-17-7-9-21(10-8-17)16-33-26(35)15-24(23-14-22(36-5)11-12-25(23)37-6)27-20(4)32-34(28(27)33)29-30-18(2)13-19(3)31-29/h7-14,24H,15-16H2,1-6H3/t24-/m0/s1. The Morgan fingerprint density at radius 2 is 1.62 bits per heavy atom. The summed E-state index contributed by atoms with van der Waals surface area (Å²) in [5.41, 5.74) is 6.54. The molecule has 0 bridgehead atoms. The van der Waals surface area contributed by atoms with E-state index in [1.807, 2.05) is 49.9 Å². The highest BCUT2D eigenvalue weighted by atomic mass is 16.5. The maximum Gasteiger partial charge on any atom is 0.252 e. The molecule has 0 N–H and O–H groups in total. The van der Waals surface area contributed by atoms with E-state index in [1.54, 1.807) is 18.9 Å². The Balaban J connectivity index is 1.73. The maximum absolute atomic E-state index is 13.9. The summed E-state index contributed by atoms with van der Waals surface area (Å²) in [7, 11) is 3.27. The predicted octanol–water partition coefficient (Wildman–Crippen LogP) is 4.98. The summed E-state index contributed by atoms with van der Waals surface area (Å²) in [6.07, 6.45) is 0.280. The van der Waals surface area contributed by atoms with Crippen LogP contribution in [0.25, 0.3) is 5.95 Å². The molecule has 1 aliphatic heterocycles. The topological polar surface area (TPSA) is 82.4 Å². The van der Waals surface area contributed by atoms with Crippen LogP contribution in [0.5, 0.6) is 11.5 Å². The highest BCUT2D eigenvalue weighted by Gasteiger charge is 2.39. The highest BCUT2D eigenvalue weighted by Crippen LogP contribution is 2.46. The first kappa shape index (κ1) is 24.5. The normalized spacial score (nSPS) is 15.0. The monoisotopic (exact) mass is 497 g/mol. The Hall–Kier alpha value is -4.20. The molecule has 8 heteroatoms. The Labute approximate surface area is 216 Å². The summed E-state index contributed by atoms with van der Waals surface area (Å²) < 4.78 is 12.9. The number of nitrogens with zero attached hydrogens (tertiary/aromatic N) is 5. The van der Waals surface area contributed by atoms with Crippen LogP contribution in [0.3, 0.4) is 0 Å². The zero-order valence-electron chi connectivity index (χ0n) is 22.1. The highest BCUT2D eigenvalue weighted by molar-refractivity contribution is 5.97. The van der Waals surface area contributed by atoms with E-state index in [2.05, 4.69) is 41.2 Å². The number of amides is 1. The first-order valence-corrected chi connectivity index (χ1v) is 12.3. The Bertz CT molecular complexity index is 1460. The zero-order valence-corrected chi connectivity index (χ0v) is 22.1. The molecule has 2 aromatic heterocycles. The van der Waals surface area contributed by atoms with Crippen LogP contribution in [-0.2, 0) is 11.3 Å². The number of aromatic nitrogens is 4. The van der Waals surface area contributed by atoms with E-state index < -0.39 is 0 Å². The second-order valence-electron chi connectivity index (χ2n) is 9.52. The van der Waals surface area contributed by atoms with Crippen molar-refractivity contribution in [3.05, 3.63) is 87.9 Å². The van der Waals surface area contributed by atoms with Crippen LogP contribution >= 0.6 is 0 Å². The van der Waals surface area contributed by atoms with Gasteiger partial charge >= 0.3 is 0 Å². The summed E-state index contributed by atoms with van der Waals surface area (Å²) >= 11 is 0. The van der Waals surface area contributed by atoms with E-state index >= 15 is 0 Å². The third-order valence-electron chi connectivity index (χ3n) is 6.80. The Morgan fingerprint density at radius 1 is 0.919 bits per heavy atom. The minimum Gasteiger partial charge on any atom is -0.497 e. The van der Waals surface area contributed by atoms with E-state index in [-0.39, 0.29) is 18.2 Å². The third kappa shape index (κ3) is 4.55. The molecule has 3 heterocycles. The van der Waals surface area contributed by atoms with Gasteiger partial charge in [-0.3, -0.25) is 9.69 Å². The van der Waals surface area contributed by atoms with E-state index in [4.69, 9.17) is 14.6 Å². The molecular formula is C29H31N5O3. The molecule has 4 aromatic rings. The molecule has 1 atom stereocenters. The lowest BCUT2D eigenvalue weighted by Crippen LogP contribution is -2.38. The molecule has 0 unspecified atom stereocenters. The summed E-state index contributed by atoms with van der Waals surface area (Å²) in [5, 5.41) is 4.88. The van der Waals surface area contributed by atoms with Crippen molar-refractivity contribution in [3.63, 3.8) is 0 Å². The van der Waals surface area contributed by atoms with Crippen LogP contribution in [0.2, 0.25) is 0 Å². The van der Waals surface area contributed by atoms with Crippen molar-refractivity contribution >= 4 is 11.7 Å². The van der Waals surface area contributed by atoms with E-state index in [1.165, 1.54) is 5.56 Å². The van der Waals surface area contributed by atoms with Crippen LogP contribution in [0.4, 0.5) is 5.82 Å². The number of aryl methyl sites for hydroxylation is 4. The van der Waals surface area contributed by atoms with Gasteiger partial charge < -0.3 is 9.47 Å². The van der Waals surface area contributed by atoms with Crippen molar-refractivity contribution in [1.29, 1.82) is 0 Å². The lowest BCUT2D eigenvalue weighted by atomic mass is 9.84. The third-order valence-corrected chi connectivity index (χ3v) is 6.80. The predicted molar refractivity (Wildman–Crippen MR) is 142 cm³/mol. The Kier molecular flexibility index (Phi) is 6.41. The molecule has 1 aliphatic rings. The smallest absolute Gasteiger partial charge is 0.252 e. The van der Waals surface area contributed by atoms with Gasteiger partial charge in [0.15, 0.2) is 0 Å². The van der Waals surface area contributed by atoms with Crippen molar-refractivity contribution in [1.82, 2.24) is 19.7 Å². The van der Waals surface area contributed by atoms with E-state index in [0.29, 0.717) is 29.8 Å². The number of ether oxygens (including phenoxy) is 2. The molecule has 0 saturated heterocycles. The molecule has 0 spiro atoms. The summed E-state index contributed by atoms with van der Waals surface area (Å²) in [6.45, 7) is 8.30. The molecule has 0 fully saturated rings. The van der Waals surface area contributed by atoms with Gasteiger partial charge in [-0.2, -0.15) is 9.78 Å². The second-order valence-corrected chi connectivity index (χ2v) is 9.52. The molecule has 190 valence electrons. The van der Waals surface area contributed by atoms with Gasteiger partial charge in [-0.1, -0.05) is 29.8 Å². The van der Waals surface area contributed by atoms with Gasteiger partial charge in [-0.15, -0.1) is 0 Å². The van der Waals surface area contributed by atoms with Crippen LogP contribution in [0, 0.1) is 27.7 Å². The number of methoxy groups -OCH3 is 2. The van der Waals surface area contributed by atoms with Gasteiger partial charge in [-0.25, -0.2) is 9.97 Å². The van der Waals surface area contributed by atoms with Gasteiger partial charge in [0.1, 0.15) is 17.3 Å². The number of carbonyl (C=O) groups excluding carboxylic acids is 1. The van der Waals surface area contributed by atoms with E-state index in [0.717, 1.165) is 33.8 Å². The summed E-state index contributed by atoms with van der Waals surface area (Å²) in [5.74, 6) is 2.27. The first-order valence-electron chi connectivity index (χ1n) is 12.3. The van der Waals surface area contributed by atoms with Crippen molar-refractivity contribution in [2.24, 2.45) is 0 Å². The van der Waals surface area contributed by atoms with Crippen LogP contribution in [0.15, 0.2) is 48.5 Å². The number of hydrogen-bond donors (Lipinski definition) is 0. The second kappa shape index (κ2) is 9.69. The van der Waals surface area contributed by atoms with Gasteiger partial charge in [0.2, 0.25) is 5.91 Å². The number of anilines is 1. The fraction of sp³-hybridized carbons (Fsp3) is 0.310. The fourth-order valence-electron chi connectivity index (χ4n) is 5.06. The minimum absolute atomic E-state index is 0.00604. The largest absolute Gasteiger partial charge is 0.497 e. The molecule has 2 aromatic carbocycles. The van der Waals surface area contributed by atoms with Crippen molar-refractivity contribution < 1.29 is 14.3 Å². The van der Waals surface area contributed by atoms with Crippen LogP contribution in [0.1, 0.15) is 51.7 Å². The average molecular weight is 498 g/mol. The minimum atomic E-state index is -0.263. The quantitative estimate of drug-likeness (QED) is 0.374. The molecule has 0 radical (unpaired) electrons. The molecule has 37 heavy (non-hydrogen) atoms. The number of benzene rings is 2. The van der Waals surface area contributed by atoms with Gasteiger partial charge in [0, 0.05) is 34.9 Å². The molecular weight excluding hydrogens is 466 g/mol. The van der Waals surface area contributed by atoms with Crippen molar-refractivity contribution in [2.75, 3.05) is 19.1 Å². The van der Waals surface area contributed by atoms with Crippen molar-refractivity contribution in [3.8, 4) is 17.4 Å². The SMILES string of the molecule is COc1ccc(OC)c([C@@H]2CC(=O)N(Cc3ccc(C)cc3)c3c2c(C)nn3-c2nc(C)cc(C)n2)c1. The zero-order chi connectivity index (χ0) is 26.3. The lowest BCUT2D eigenvalue weighted by molar-refractivity contribution is -0.119. The van der Waals surface area contributed by atoms with Gasteiger partial charge in [0.25, 0.3) is 5.95 Å². The number of carbonyl (C=O) groups is 1. The average Bonchev–Trinajstić information content (AvgIpc) is 3.23. The molecule has 0 aliphatic carbocycles. The molecule has 5 rings (SSSR count).